The van der Waals surface area contributed by atoms with Crippen molar-refractivity contribution in [2.75, 3.05) is 19.0 Å². The van der Waals surface area contributed by atoms with Crippen LogP contribution in [-0.4, -0.2) is 19.1 Å². The monoisotopic (exact) mass is 159 g/mol. The molecule has 2 nitrogen and oxygen atoms in total. The third-order valence-corrected chi connectivity index (χ3v) is 1.98. The first kappa shape index (κ1) is 7.22. The lowest BCUT2D eigenvalue weighted by Crippen LogP contribution is -2.08. The third kappa shape index (κ3) is 0.961. The number of fused-ring (bicyclic) bond motifs is 1. The number of hydrogen-bond donors (Lipinski definition) is 1. The molecule has 0 bridgehead atoms. The molecule has 0 aliphatic rings. The van der Waals surface area contributed by atoms with Gasteiger partial charge in [0.05, 0.1) is 17.4 Å². The molecule has 1 N–H and O–H groups in total. The number of aromatic nitrogens is 1. The second kappa shape index (κ2) is 2.55. The molecule has 12 heavy (non-hydrogen) atoms. The zero-order valence-electron chi connectivity index (χ0n) is 7.26. The Labute approximate surface area is 71.8 Å². The number of nitrogens with zero attached hydrogens (tertiary/aromatic N) is 1. The molecule has 0 atom stereocenters. The van der Waals surface area contributed by atoms with Crippen LogP contribution in [-0.2, 0) is 0 Å². The van der Waals surface area contributed by atoms with Gasteiger partial charge in [-0.05, 0) is 12.1 Å². The molecule has 61 valence electrons. The average molecular weight is 159 g/mol. The van der Waals surface area contributed by atoms with E-state index in [9.17, 15) is 0 Å². The van der Waals surface area contributed by atoms with E-state index in [0.717, 1.165) is 5.52 Å². The molecule has 0 saturated heterocycles. The number of para-hydroxylation sites is 1. The van der Waals surface area contributed by atoms with E-state index in [1.54, 1.807) is 0 Å². The van der Waals surface area contributed by atoms with Gasteiger partial charge in [-0.2, -0.15) is 0 Å². The predicted octanol–water partition coefficient (Wildman–Crippen LogP) is 2.03. The van der Waals surface area contributed by atoms with Crippen molar-refractivity contribution in [2.24, 2.45) is 0 Å². The van der Waals surface area contributed by atoms with E-state index in [0.29, 0.717) is 0 Å². The van der Waals surface area contributed by atoms with Crippen LogP contribution < -0.4 is 4.90 Å². The lowest BCUT2D eigenvalue weighted by atomic mass is 10.2. The minimum Gasteiger partial charge on any atom is -0.376 e. The number of hydrogen-bond acceptors (Lipinski definition) is 1. The van der Waals surface area contributed by atoms with E-state index in [1.165, 1.54) is 11.1 Å². The van der Waals surface area contributed by atoms with Gasteiger partial charge in [-0.3, -0.25) is 0 Å². The fourth-order valence-corrected chi connectivity index (χ4v) is 1.37. The van der Waals surface area contributed by atoms with Crippen molar-refractivity contribution in [3.63, 3.8) is 0 Å². The summed E-state index contributed by atoms with van der Waals surface area (Å²) in [5, 5.41) is 1.21. The first-order chi connectivity index (χ1) is 5.79. The normalized spacial score (nSPS) is 10.5. The number of H-pyrrole nitrogens is 1. The van der Waals surface area contributed by atoms with E-state index >= 15 is 0 Å². The Morgan fingerprint density at radius 1 is 1.33 bits per heavy atom. The molecule has 2 heteroatoms. The zero-order valence-corrected chi connectivity index (χ0v) is 7.26. The van der Waals surface area contributed by atoms with Crippen molar-refractivity contribution in [1.29, 1.82) is 0 Å². The number of aromatic amines is 1. The largest absolute Gasteiger partial charge is 0.376 e. The summed E-state index contributed by atoms with van der Waals surface area (Å²) < 4.78 is 0. The fourth-order valence-electron chi connectivity index (χ4n) is 1.37. The second-order valence-corrected chi connectivity index (χ2v) is 3.05. The maximum atomic E-state index is 3.10. The van der Waals surface area contributed by atoms with E-state index in [1.807, 2.05) is 20.2 Å². The topological polar surface area (TPSA) is 19.0 Å². The minimum atomic E-state index is 1.16. The van der Waals surface area contributed by atoms with Crippen LogP contribution in [0, 0.1) is 6.20 Å². The number of anilines is 1. The molecule has 2 rings (SSSR count). The maximum absolute atomic E-state index is 3.10. The number of benzene rings is 1. The van der Waals surface area contributed by atoms with Crippen LogP contribution >= 0.6 is 0 Å². The van der Waals surface area contributed by atoms with Crippen molar-refractivity contribution in [3.8, 4) is 0 Å². The van der Waals surface area contributed by atoms with Gasteiger partial charge in [-0.15, -0.1) is 0 Å². The average Bonchev–Trinajstić information content (AvgIpc) is 2.49. The van der Waals surface area contributed by atoms with Crippen LogP contribution in [0.2, 0.25) is 0 Å². The SMILES string of the molecule is CN(C)c1cccc2c[c][nH]c12. The van der Waals surface area contributed by atoms with E-state index in [2.05, 4.69) is 34.3 Å². The highest BCUT2D eigenvalue weighted by Crippen LogP contribution is 2.22. The number of nitrogens with one attached hydrogen (secondary N) is 1. The van der Waals surface area contributed by atoms with Crippen molar-refractivity contribution in [2.45, 2.75) is 0 Å². The molecule has 0 aliphatic heterocycles. The van der Waals surface area contributed by atoms with Crippen molar-refractivity contribution >= 4 is 16.6 Å². The van der Waals surface area contributed by atoms with Gasteiger partial charge in [0.25, 0.3) is 0 Å². The Bertz CT molecular complexity index is 387. The molecule has 0 amide bonds. The van der Waals surface area contributed by atoms with Crippen LogP contribution in [0.4, 0.5) is 5.69 Å². The van der Waals surface area contributed by atoms with E-state index < -0.39 is 0 Å². The highest BCUT2D eigenvalue weighted by atomic mass is 15.1. The summed E-state index contributed by atoms with van der Waals surface area (Å²) >= 11 is 0. The van der Waals surface area contributed by atoms with Crippen LogP contribution in [0.5, 0.6) is 0 Å². The molecule has 0 unspecified atom stereocenters. The molecule has 1 aromatic heterocycles. The Morgan fingerprint density at radius 3 is 2.92 bits per heavy atom. The molecule has 2 aromatic rings. The summed E-state index contributed by atoms with van der Waals surface area (Å²) in [6.07, 6.45) is 2.98. The number of rotatable bonds is 1. The summed E-state index contributed by atoms with van der Waals surface area (Å²) in [4.78, 5) is 5.19. The Balaban J connectivity index is 2.73. The predicted molar refractivity (Wildman–Crippen MR) is 51.5 cm³/mol. The Kier molecular flexibility index (Phi) is 1.54. The van der Waals surface area contributed by atoms with Crippen molar-refractivity contribution in [1.82, 2.24) is 4.98 Å². The first-order valence-corrected chi connectivity index (χ1v) is 3.94. The summed E-state index contributed by atoms with van der Waals surface area (Å²) in [7, 11) is 4.07. The fraction of sp³-hybridized carbons (Fsp3) is 0.200. The van der Waals surface area contributed by atoms with E-state index in [4.69, 9.17) is 0 Å². The second-order valence-electron chi connectivity index (χ2n) is 3.05. The summed E-state index contributed by atoms with van der Waals surface area (Å²) in [5.41, 5.74) is 2.36. The third-order valence-electron chi connectivity index (χ3n) is 1.98. The molecule has 0 aliphatic carbocycles. The van der Waals surface area contributed by atoms with Gasteiger partial charge in [0, 0.05) is 19.5 Å². The highest BCUT2D eigenvalue weighted by molar-refractivity contribution is 5.91. The zero-order chi connectivity index (χ0) is 8.55. The van der Waals surface area contributed by atoms with Gasteiger partial charge in [0.2, 0.25) is 0 Å². The first-order valence-electron chi connectivity index (χ1n) is 3.94. The van der Waals surface area contributed by atoms with Crippen LogP contribution in [0.25, 0.3) is 10.9 Å². The summed E-state index contributed by atoms with van der Waals surface area (Å²) in [5.74, 6) is 0. The van der Waals surface area contributed by atoms with Crippen LogP contribution in [0.3, 0.4) is 0 Å². The smallest absolute Gasteiger partial charge is 0.0696 e. The molecule has 1 aromatic carbocycles. The molecular weight excluding hydrogens is 148 g/mol. The lowest BCUT2D eigenvalue weighted by Gasteiger charge is -2.12. The van der Waals surface area contributed by atoms with Gasteiger partial charge < -0.3 is 9.88 Å². The highest BCUT2D eigenvalue weighted by Gasteiger charge is 2.01. The van der Waals surface area contributed by atoms with Crippen molar-refractivity contribution in [3.05, 3.63) is 30.5 Å². The molecule has 1 radical (unpaired) electrons. The summed E-state index contributed by atoms with van der Waals surface area (Å²) in [6.45, 7) is 0. The van der Waals surface area contributed by atoms with Gasteiger partial charge in [-0.1, -0.05) is 12.1 Å². The Hall–Kier alpha value is -1.44. The molecule has 0 saturated carbocycles. The van der Waals surface area contributed by atoms with Gasteiger partial charge in [0.15, 0.2) is 0 Å². The van der Waals surface area contributed by atoms with E-state index in [-0.39, 0.29) is 0 Å². The van der Waals surface area contributed by atoms with Crippen LogP contribution in [0.1, 0.15) is 0 Å². The standard InChI is InChI=1S/C10H11N2/c1-12(2)9-5-3-4-8-6-7-11-10(8)9/h3-6,11H,1-2H3. The van der Waals surface area contributed by atoms with Crippen LogP contribution in [0.15, 0.2) is 24.3 Å². The van der Waals surface area contributed by atoms with Crippen molar-refractivity contribution < 1.29 is 0 Å². The minimum absolute atomic E-state index is 1.16. The summed E-state index contributed by atoms with van der Waals surface area (Å²) in [6, 6.07) is 8.18. The molecule has 0 fully saturated rings. The van der Waals surface area contributed by atoms with Gasteiger partial charge in [0.1, 0.15) is 0 Å². The van der Waals surface area contributed by atoms with Gasteiger partial charge in [-0.25, -0.2) is 0 Å². The molecule has 1 heterocycles. The molecule has 0 spiro atoms. The molecular formula is C10H11N2. The quantitative estimate of drug-likeness (QED) is 0.674. The maximum Gasteiger partial charge on any atom is 0.0696 e. The lowest BCUT2D eigenvalue weighted by molar-refractivity contribution is 1.14. The van der Waals surface area contributed by atoms with Gasteiger partial charge >= 0.3 is 0 Å². The Morgan fingerprint density at radius 2 is 2.17 bits per heavy atom.